The van der Waals surface area contributed by atoms with Crippen LogP contribution < -0.4 is 10.6 Å². The molecular formula is C19H16F3N5O3S2. The van der Waals surface area contributed by atoms with Crippen molar-refractivity contribution in [3.63, 3.8) is 0 Å². The standard InChI is InChI=1S/C19H16F3N5O3S2/c1-10-3-4-12(7-11(10)2)23-17-25-26-18(32-17)31-9-16(28)24-15-6-5-13(27(29)30)8-14(15)19(20,21)22/h3-8H,9H2,1-2H3,(H,23,25)(H,24,28). The summed E-state index contributed by atoms with van der Waals surface area (Å²) in [7, 11) is 0. The first-order chi connectivity index (χ1) is 15.0. The normalized spacial score (nSPS) is 11.3. The van der Waals surface area contributed by atoms with Crippen molar-refractivity contribution in [1.82, 2.24) is 10.2 Å². The lowest BCUT2D eigenvalue weighted by Crippen LogP contribution is -2.18. The Hall–Kier alpha value is -3.19. The van der Waals surface area contributed by atoms with E-state index in [2.05, 4.69) is 20.8 Å². The van der Waals surface area contributed by atoms with Crippen molar-refractivity contribution in [1.29, 1.82) is 0 Å². The van der Waals surface area contributed by atoms with Gasteiger partial charge in [-0.3, -0.25) is 14.9 Å². The molecule has 1 amide bonds. The molecular weight excluding hydrogens is 467 g/mol. The topological polar surface area (TPSA) is 110 Å². The number of halogens is 3. The predicted molar refractivity (Wildman–Crippen MR) is 117 cm³/mol. The molecule has 2 aromatic carbocycles. The molecule has 8 nitrogen and oxygen atoms in total. The molecule has 0 saturated carbocycles. The molecule has 3 rings (SSSR count). The van der Waals surface area contributed by atoms with Crippen LogP contribution >= 0.6 is 23.1 Å². The number of nitro groups is 1. The Balaban J connectivity index is 1.62. The Morgan fingerprint density at radius 1 is 1.16 bits per heavy atom. The van der Waals surface area contributed by atoms with Crippen molar-refractivity contribution in [3.05, 3.63) is 63.2 Å². The lowest BCUT2D eigenvalue weighted by atomic mass is 10.1. The number of thioether (sulfide) groups is 1. The van der Waals surface area contributed by atoms with Crippen LogP contribution in [0.25, 0.3) is 0 Å². The van der Waals surface area contributed by atoms with E-state index in [1.807, 2.05) is 32.0 Å². The Kier molecular flexibility index (Phi) is 6.99. The molecule has 3 aromatic rings. The number of nitrogens with zero attached hydrogens (tertiary/aromatic N) is 3. The van der Waals surface area contributed by atoms with E-state index in [0.29, 0.717) is 15.5 Å². The quantitative estimate of drug-likeness (QED) is 0.257. The average Bonchev–Trinajstić information content (AvgIpc) is 3.16. The number of non-ortho nitro benzene ring substituents is 1. The molecule has 1 aromatic heterocycles. The summed E-state index contributed by atoms with van der Waals surface area (Å²) in [5.41, 5.74) is 0.523. The van der Waals surface area contributed by atoms with Gasteiger partial charge in [0, 0.05) is 17.8 Å². The van der Waals surface area contributed by atoms with Crippen LogP contribution in [0, 0.1) is 24.0 Å². The van der Waals surface area contributed by atoms with Crippen LogP contribution in [-0.2, 0) is 11.0 Å². The number of aromatic nitrogens is 2. The van der Waals surface area contributed by atoms with E-state index in [1.54, 1.807) is 0 Å². The van der Waals surface area contributed by atoms with Crippen LogP contribution in [0.1, 0.15) is 16.7 Å². The maximum Gasteiger partial charge on any atom is 0.418 e. The largest absolute Gasteiger partial charge is 0.418 e. The van der Waals surface area contributed by atoms with Crippen molar-refractivity contribution >= 4 is 51.2 Å². The third-order valence-corrected chi connectivity index (χ3v) is 6.26. The van der Waals surface area contributed by atoms with Crippen LogP contribution in [0.2, 0.25) is 0 Å². The molecule has 0 saturated heterocycles. The number of hydrogen-bond acceptors (Lipinski definition) is 8. The van der Waals surface area contributed by atoms with Crippen molar-refractivity contribution in [2.24, 2.45) is 0 Å². The zero-order valence-electron chi connectivity index (χ0n) is 16.7. The molecule has 32 heavy (non-hydrogen) atoms. The molecule has 168 valence electrons. The van der Waals surface area contributed by atoms with Crippen molar-refractivity contribution in [3.8, 4) is 0 Å². The van der Waals surface area contributed by atoms with Gasteiger partial charge in [0.2, 0.25) is 11.0 Å². The Labute approximate surface area is 188 Å². The number of hydrogen-bond donors (Lipinski definition) is 2. The summed E-state index contributed by atoms with van der Waals surface area (Å²) in [6, 6.07) is 7.96. The number of anilines is 3. The zero-order chi connectivity index (χ0) is 23.5. The van der Waals surface area contributed by atoms with Gasteiger partial charge >= 0.3 is 6.18 Å². The van der Waals surface area contributed by atoms with Gasteiger partial charge in [-0.05, 0) is 43.2 Å². The third-order valence-electron chi connectivity index (χ3n) is 4.28. The number of benzene rings is 2. The van der Waals surface area contributed by atoms with Crippen LogP contribution in [0.4, 0.5) is 35.4 Å². The minimum Gasteiger partial charge on any atom is -0.330 e. The molecule has 0 radical (unpaired) electrons. The number of alkyl halides is 3. The summed E-state index contributed by atoms with van der Waals surface area (Å²) < 4.78 is 40.1. The predicted octanol–water partition coefficient (Wildman–Crippen LogP) is 5.56. The minimum absolute atomic E-state index is 0.216. The lowest BCUT2D eigenvalue weighted by Gasteiger charge is -2.13. The maximum atomic E-state index is 13.2. The fourth-order valence-corrected chi connectivity index (χ4v) is 4.14. The van der Waals surface area contributed by atoms with Crippen LogP contribution in [0.3, 0.4) is 0 Å². The first-order valence-electron chi connectivity index (χ1n) is 8.99. The van der Waals surface area contributed by atoms with E-state index in [1.165, 1.54) is 11.3 Å². The number of carbonyl (C=O) groups excluding carboxylic acids is 1. The third kappa shape index (κ3) is 5.95. The second kappa shape index (κ2) is 9.53. The summed E-state index contributed by atoms with van der Waals surface area (Å²) in [5, 5.41) is 24.5. The molecule has 0 aliphatic rings. The zero-order valence-corrected chi connectivity index (χ0v) is 18.3. The van der Waals surface area contributed by atoms with E-state index >= 15 is 0 Å². The van der Waals surface area contributed by atoms with Crippen LogP contribution in [0.15, 0.2) is 40.7 Å². The molecule has 0 aliphatic carbocycles. The fraction of sp³-hybridized carbons (Fsp3) is 0.211. The Morgan fingerprint density at radius 3 is 2.56 bits per heavy atom. The Morgan fingerprint density at radius 2 is 1.91 bits per heavy atom. The first-order valence-corrected chi connectivity index (χ1v) is 10.8. The number of aryl methyl sites for hydroxylation is 2. The highest BCUT2D eigenvalue weighted by atomic mass is 32.2. The van der Waals surface area contributed by atoms with E-state index in [-0.39, 0.29) is 5.75 Å². The maximum absolute atomic E-state index is 13.2. The van der Waals surface area contributed by atoms with Gasteiger partial charge in [0.15, 0.2) is 4.34 Å². The SMILES string of the molecule is Cc1ccc(Nc2nnc(SCC(=O)Nc3ccc([N+](=O)[O-])cc3C(F)(F)F)s2)cc1C. The van der Waals surface area contributed by atoms with Gasteiger partial charge in [-0.25, -0.2) is 0 Å². The number of nitro benzene ring substituents is 1. The van der Waals surface area contributed by atoms with Crippen LogP contribution in [0.5, 0.6) is 0 Å². The molecule has 0 aliphatic heterocycles. The van der Waals surface area contributed by atoms with Crippen LogP contribution in [-0.4, -0.2) is 26.8 Å². The van der Waals surface area contributed by atoms with E-state index in [0.717, 1.165) is 40.7 Å². The highest BCUT2D eigenvalue weighted by Gasteiger charge is 2.35. The van der Waals surface area contributed by atoms with Gasteiger partial charge < -0.3 is 10.6 Å². The van der Waals surface area contributed by atoms with E-state index in [9.17, 15) is 28.1 Å². The van der Waals surface area contributed by atoms with Gasteiger partial charge in [0.05, 0.1) is 21.9 Å². The summed E-state index contributed by atoms with van der Waals surface area (Å²) in [5.74, 6) is -0.930. The number of amides is 1. The van der Waals surface area contributed by atoms with E-state index in [4.69, 9.17) is 0 Å². The van der Waals surface area contributed by atoms with Gasteiger partial charge in [-0.15, -0.1) is 10.2 Å². The second-order valence-corrected chi connectivity index (χ2v) is 8.82. The summed E-state index contributed by atoms with van der Waals surface area (Å²) in [6.45, 7) is 3.98. The highest BCUT2D eigenvalue weighted by Crippen LogP contribution is 2.37. The van der Waals surface area contributed by atoms with Crippen molar-refractivity contribution in [2.75, 3.05) is 16.4 Å². The van der Waals surface area contributed by atoms with E-state index < -0.39 is 33.9 Å². The molecule has 13 heteroatoms. The summed E-state index contributed by atoms with van der Waals surface area (Å²) >= 11 is 2.20. The number of nitrogens with one attached hydrogen (secondary N) is 2. The molecule has 0 unspecified atom stereocenters. The fourth-order valence-electron chi connectivity index (χ4n) is 2.56. The van der Waals surface area contributed by atoms with Crippen molar-refractivity contribution in [2.45, 2.75) is 24.4 Å². The monoisotopic (exact) mass is 483 g/mol. The Bertz CT molecular complexity index is 1170. The van der Waals surface area contributed by atoms with Gasteiger partial charge in [-0.2, -0.15) is 13.2 Å². The second-order valence-electron chi connectivity index (χ2n) is 6.62. The molecule has 1 heterocycles. The minimum atomic E-state index is -4.87. The smallest absolute Gasteiger partial charge is 0.330 e. The lowest BCUT2D eigenvalue weighted by molar-refractivity contribution is -0.385. The highest BCUT2D eigenvalue weighted by molar-refractivity contribution is 8.01. The summed E-state index contributed by atoms with van der Waals surface area (Å²) in [4.78, 5) is 22.0. The number of carbonyl (C=O) groups is 1. The number of rotatable bonds is 7. The first kappa shape index (κ1) is 23.5. The van der Waals surface area contributed by atoms with Gasteiger partial charge in [-0.1, -0.05) is 29.2 Å². The molecule has 2 N–H and O–H groups in total. The molecule has 0 atom stereocenters. The van der Waals surface area contributed by atoms with Crippen molar-refractivity contribution < 1.29 is 22.9 Å². The summed E-state index contributed by atoms with van der Waals surface area (Å²) in [6.07, 6.45) is -4.87. The molecule has 0 spiro atoms. The van der Waals surface area contributed by atoms with Gasteiger partial charge in [0.1, 0.15) is 0 Å². The van der Waals surface area contributed by atoms with Gasteiger partial charge in [0.25, 0.3) is 5.69 Å². The molecule has 0 bridgehead atoms. The molecule has 0 fully saturated rings. The average molecular weight is 483 g/mol.